The van der Waals surface area contributed by atoms with E-state index in [9.17, 15) is 19.5 Å². The van der Waals surface area contributed by atoms with Gasteiger partial charge in [-0.05, 0) is 25.8 Å². The normalized spacial score (nSPS) is 17.8. The minimum atomic E-state index is -0.989. The number of likely N-dealkylation sites (tertiary alicyclic amines) is 1. The third kappa shape index (κ3) is 4.71. The number of hydrogen-bond donors (Lipinski definition) is 2. The molecule has 0 bridgehead atoms. The molecule has 2 rings (SSSR count). The van der Waals surface area contributed by atoms with Gasteiger partial charge in [-0.15, -0.1) is 0 Å². The van der Waals surface area contributed by atoms with Gasteiger partial charge in [0.2, 0.25) is 11.8 Å². The molecule has 1 heterocycles. The fraction of sp³-hybridized carbons (Fsp3) is 0.500. The highest BCUT2D eigenvalue weighted by atomic mass is 16.5. The molecule has 7 nitrogen and oxygen atoms in total. The van der Waals surface area contributed by atoms with Crippen molar-refractivity contribution in [3.8, 4) is 5.75 Å². The fourth-order valence-electron chi connectivity index (χ4n) is 3.15. The van der Waals surface area contributed by atoms with Crippen LogP contribution in [0.4, 0.5) is 0 Å². The van der Waals surface area contributed by atoms with Gasteiger partial charge in [0.15, 0.2) is 0 Å². The quantitative estimate of drug-likeness (QED) is 0.782. The van der Waals surface area contributed by atoms with Gasteiger partial charge in [-0.25, -0.2) is 4.79 Å². The Bertz CT molecular complexity index is 646. The Morgan fingerprint density at radius 2 is 2.08 bits per heavy atom. The molecule has 1 aliphatic heterocycles. The summed E-state index contributed by atoms with van der Waals surface area (Å²) in [5.74, 6) is -0.931. The fourth-order valence-corrected chi connectivity index (χ4v) is 3.15. The third-order valence-electron chi connectivity index (χ3n) is 4.21. The van der Waals surface area contributed by atoms with Gasteiger partial charge in [0.25, 0.3) is 0 Å². The molecule has 1 aromatic rings. The van der Waals surface area contributed by atoms with E-state index >= 15 is 0 Å². The predicted molar refractivity (Wildman–Crippen MR) is 91.2 cm³/mol. The number of carboxylic acid groups (broad SMARTS) is 1. The monoisotopic (exact) mass is 348 g/mol. The maximum atomic E-state index is 12.7. The largest absolute Gasteiger partial charge is 0.494 e. The molecule has 0 radical (unpaired) electrons. The van der Waals surface area contributed by atoms with Crippen molar-refractivity contribution in [1.29, 1.82) is 0 Å². The zero-order valence-electron chi connectivity index (χ0n) is 14.5. The standard InChI is InChI=1S/C18H24N2O5/c1-3-25-16-9-5-4-7-13(16)14(19-12(2)21)11-17(22)20-10-6-8-15(20)18(23)24/h4-5,7,9,14-15H,3,6,8,10-11H2,1-2H3,(H,19,21)(H,23,24)/t14-,15-/m0/s1. The first-order chi connectivity index (χ1) is 11.9. The number of para-hydroxylation sites is 1. The lowest BCUT2D eigenvalue weighted by atomic mass is 10.0. The molecule has 1 aliphatic rings. The average Bonchev–Trinajstić information content (AvgIpc) is 3.04. The molecule has 2 N–H and O–H groups in total. The van der Waals surface area contributed by atoms with E-state index < -0.39 is 18.1 Å². The highest BCUT2D eigenvalue weighted by Crippen LogP contribution is 2.29. The number of nitrogens with one attached hydrogen (secondary N) is 1. The van der Waals surface area contributed by atoms with Crippen molar-refractivity contribution in [3.05, 3.63) is 29.8 Å². The Hall–Kier alpha value is -2.57. The maximum Gasteiger partial charge on any atom is 0.326 e. The van der Waals surface area contributed by atoms with Gasteiger partial charge in [0, 0.05) is 19.0 Å². The molecule has 1 saturated heterocycles. The van der Waals surface area contributed by atoms with Crippen LogP contribution >= 0.6 is 0 Å². The number of rotatable bonds is 7. The van der Waals surface area contributed by atoms with Gasteiger partial charge in [-0.3, -0.25) is 9.59 Å². The van der Waals surface area contributed by atoms with E-state index in [2.05, 4.69) is 5.32 Å². The highest BCUT2D eigenvalue weighted by Gasteiger charge is 2.35. The summed E-state index contributed by atoms with van der Waals surface area (Å²) in [6.07, 6.45) is 1.12. The zero-order chi connectivity index (χ0) is 18.4. The molecule has 1 fully saturated rings. The lowest BCUT2D eigenvalue weighted by Crippen LogP contribution is -2.42. The summed E-state index contributed by atoms with van der Waals surface area (Å²) in [7, 11) is 0. The first-order valence-corrected chi connectivity index (χ1v) is 8.45. The molecule has 136 valence electrons. The van der Waals surface area contributed by atoms with Gasteiger partial charge >= 0.3 is 5.97 Å². The zero-order valence-corrected chi connectivity index (χ0v) is 14.5. The number of carboxylic acids is 1. The second-order valence-electron chi connectivity index (χ2n) is 6.01. The molecular weight excluding hydrogens is 324 g/mol. The molecule has 0 saturated carbocycles. The van der Waals surface area contributed by atoms with Crippen molar-refractivity contribution in [2.75, 3.05) is 13.2 Å². The molecule has 0 spiro atoms. The van der Waals surface area contributed by atoms with E-state index in [1.165, 1.54) is 11.8 Å². The summed E-state index contributed by atoms with van der Waals surface area (Å²) in [6, 6.07) is 5.87. The predicted octanol–water partition coefficient (Wildman–Crippen LogP) is 1.73. The first-order valence-electron chi connectivity index (χ1n) is 8.45. The molecule has 7 heteroatoms. The Kier molecular flexibility index (Phi) is 6.38. The van der Waals surface area contributed by atoms with E-state index in [0.717, 1.165) is 0 Å². The van der Waals surface area contributed by atoms with Gasteiger partial charge < -0.3 is 20.1 Å². The van der Waals surface area contributed by atoms with Crippen molar-refractivity contribution in [1.82, 2.24) is 10.2 Å². The van der Waals surface area contributed by atoms with E-state index in [-0.39, 0.29) is 18.2 Å². The third-order valence-corrected chi connectivity index (χ3v) is 4.21. The summed E-state index contributed by atoms with van der Waals surface area (Å²) >= 11 is 0. The van der Waals surface area contributed by atoms with Crippen molar-refractivity contribution in [2.45, 2.75) is 45.2 Å². The molecule has 2 amide bonds. The van der Waals surface area contributed by atoms with Crippen LogP contribution in [0.15, 0.2) is 24.3 Å². The van der Waals surface area contributed by atoms with Crippen LogP contribution in [-0.2, 0) is 14.4 Å². The van der Waals surface area contributed by atoms with Gasteiger partial charge in [-0.2, -0.15) is 0 Å². The van der Waals surface area contributed by atoms with Crippen LogP contribution in [0.5, 0.6) is 5.75 Å². The lowest BCUT2D eigenvalue weighted by molar-refractivity contribution is -0.148. The maximum absolute atomic E-state index is 12.7. The topological polar surface area (TPSA) is 95.9 Å². The summed E-state index contributed by atoms with van der Waals surface area (Å²) < 4.78 is 5.60. The first kappa shape index (κ1) is 18.8. The van der Waals surface area contributed by atoms with Crippen LogP contribution in [-0.4, -0.2) is 47.0 Å². The van der Waals surface area contributed by atoms with E-state index in [1.54, 1.807) is 12.1 Å². The van der Waals surface area contributed by atoms with Crippen LogP contribution in [0, 0.1) is 0 Å². The number of aliphatic carboxylic acids is 1. The SMILES string of the molecule is CCOc1ccccc1[C@H](CC(=O)N1CCC[C@H]1C(=O)O)NC(C)=O. The minimum Gasteiger partial charge on any atom is -0.494 e. The molecule has 0 unspecified atom stereocenters. The molecule has 0 aliphatic carbocycles. The molecule has 2 atom stereocenters. The summed E-state index contributed by atoms with van der Waals surface area (Å²) in [6.45, 7) is 4.13. The van der Waals surface area contributed by atoms with Crippen LogP contribution in [0.3, 0.4) is 0 Å². The van der Waals surface area contributed by atoms with Gasteiger partial charge in [0.05, 0.1) is 19.1 Å². The number of ether oxygens (including phenoxy) is 1. The Labute approximate surface area is 147 Å². The molecular formula is C18H24N2O5. The van der Waals surface area contributed by atoms with E-state index in [0.29, 0.717) is 37.3 Å². The number of benzene rings is 1. The summed E-state index contributed by atoms with van der Waals surface area (Å²) in [5.41, 5.74) is 0.707. The molecule has 25 heavy (non-hydrogen) atoms. The minimum absolute atomic E-state index is 0.00650. The average molecular weight is 348 g/mol. The van der Waals surface area contributed by atoms with Crippen molar-refractivity contribution in [2.24, 2.45) is 0 Å². The lowest BCUT2D eigenvalue weighted by Gasteiger charge is -2.26. The number of hydrogen-bond acceptors (Lipinski definition) is 4. The number of carbonyl (C=O) groups excluding carboxylic acids is 2. The summed E-state index contributed by atoms with van der Waals surface area (Å²) in [5, 5.41) is 12.0. The number of amides is 2. The van der Waals surface area contributed by atoms with Crippen LogP contribution < -0.4 is 10.1 Å². The van der Waals surface area contributed by atoms with Crippen molar-refractivity contribution in [3.63, 3.8) is 0 Å². The van der Waals surface area contributed by atoms with Crippen molar-refractivity contribution >= 4 is 17.8 Å². The Morgan fingerprint density at radius 1 is 1.36 bits per heavy atom. The van der Waals surface area contributed by atoms with Crippen LogP contribution in [0.1, 0.15) is 44.7 Å². The van der Waals surface area contributed by atoms with Crippen molar-refractivity contribution < 1.29 is 24.2 Å². The number of carbonyl (C=O) groups is 3. The van der Waals surface area contributed by atoms with Gasteiger partial charge in [0.1, 0.15) is 11.8 Å². The highest BCUT2D eigenvalue weighted by molar-refractivity contribution is 5.85. The van der Waals surface area contributed by atoms with Crippen LogP contribution in [0.2, 0.25) is 0 Å². The second-order valence-corrected chi connectivity index (χ2v) is 6.01. The second kappa shape index (κ2) is 8.50. The van der Waals surface area contributed by atoms with E-state index in [1.807, 2.05) is 19.1 Å². The van der Waals surface area contributed by atoms with Crippen LogP contribution in [0.25, 0.3) is 0 Å². The molecule has 1 aromatic carbocycles. The van der Waals surface area contributed by atoms with Gasteiger partial charge in [-0.1, -0.05) is 18.2 Å². The Morgan fingerprint density at radius 3 is 2.72 bits per heavy atom. The smallest absolute Gasteiger partial charge is 0.326 e. The van der Waals surface area contributed by atoms with E-state index in [4.69, 9.17) is 4.74 Å². The molecule has 0 aromatic heterocycles. The Balaban J connectivity index is 2.22. The summed E-state index contributed by atoms with van der Waals surface area (Å²) in [4.78, 5) is 37.0. The number of nitrogens with zero attached hydrogens (tertiary/aromatic N) is 1.